The fraction of sp³-hybridized carbons (Fsp3) is 0.364. The zero-order valence-corrected chi connectivity index (χ0v) is 17.4. The Kier molecular flexibility index (Phi) is 4.54. The first-order chi connectivity index (χ1) is 14.1. The Morgan fingerprint density at radius 2 is 1.86 bits per heavy atom. The third-order valence-electron chi connectivity index (χ3n) is 5.52. The number of fused-ring (bicyclic) bond motifs is 2. The zero-order chi connectivity index (χ0) is 20.0. The molecular weight excluding hydrogens is 386 g/mol. The summed E-state index contributed by atoms with van der Waals surface area (Å²) < 4.78 is 12.0. The van der Waals surface area contributed by atoms with Gasteiger partial charge in [0.25, 0.3) is 5.91 Å². The van der Waals surface area contributed by atoms with Gasteiger partial charge < -0.3 is 19.3 Å². The number of carbonyl (C=O) groups excluding carboxylic acids is 1. The van der Waals surface area contributed by atoms with Gasteiger partial charge in [0.05, 0.1) is 10.2 Å². The monoisotopic (exact) mass is 409 g/mol. The molecule has 0 aliphatic carbocycles. The molecule has 150 valence electrons. The van der Waals surface area contributed by atoms with Crippen molar-refractivity contribution in [3.8, 4) is 11.5 Å². The van der Waals surface area contributed by atoms with Crippen LogP contribution in [0, 0.1) is 0 Å². The van der Waals surface area contributed by atoms with Gasteiger partial charge in [-0.25, -0.2) is 4.98 Å². The second-order valence-corrected chi connectivity index (χ2v) is 8.70. The van der Waals surface area contributed by atoms with Crippen molar-refractivity contribution in [2.45, 2.75) is 19.8 Å². The second kappa shape index (κ2) is 7.22. The van der Waals surface area contributed by atoms with Gasteiger partial charge in [0.2, 0.25) is 6.79 Å². The van der Waals surface area contributed by atoms with E-state index in [0.717, 1.165) is 23.7 Å². The van der Waals surface area contributed by atoms with Crippen LogP contribution in [0.4, 0.5) is 5.13 Å². The molecule has 2 aliphatic rings. The molecule has 3 heterocycles. The van der Waals surface area contributed by atoms with Crippen molar-refractivity contribution in [3.05, 3.63) is 47.5 Å². The lowest BCUT2D eigenvalue weighted by atomic mass is 10.0. The molecule has 2 aliphatic heterocycles. The van der Waals surface area contributed by atoms with E-state index in [1.165, 1.54) is 10.3 Å². The van der Waals surface area contributed by atoms with E-state index in [-0.39, 0.29) is 12.7 Å². The highest BCUT2D eigenvalue weighted by molar-refractivity contribution is 7.22. The van der Waals surface area contributed by atoms with Gasteiger partial charge in [0.15, 0.2) is 16.6 Å². The molecule has 0 unspecified atom stereocenters. The van der Waals surface area contributed by atoms with Crippen molar-refractivity contribution in [1.82, 2.24) is 9.88 Å². The smallest absolute Gasteiger partial charge is 0.254 e. The number of ether oxygens (including phenoxy) is 2. The number of carbonyl (C=O) groups is 1. The molecule has 0 spiro atoms. The fourth-order valence-corrected chi connectivity index (χ4v) is 4.92. The minimum Gasteiger partial charge on any atom is -0.454 e. The number of benzene rings is 2. The highest BCUT2D eigenvalue weighted by Crippen LogP contribution is 2.35. The minimum absolute atomic E-state index is 0.0364. The summed E-state index contributed by atoms with van der Waals surface area (Å²) in [5, 5.41) is 1.04. The molecule has 6 nitrogen and oxygen atoms in total. The van der Waals surface area contributed by atoms with Crippen LogP contribution in [0.5, 0.6) is 11.5 Å². The number of hydrogen-bond donors (Lipinski definition) is 0. The number of para-hydroxylation sites is 1. The third-order valence-corrected chi connectivity index (χ3v) is 6.60. The predicted octanol–water partition coefficient (Wildman–Crippen LogP) is 4.11. The van der Waals surface area contributed by atoms with Gasteiger partial charge in [0, 0.05) is 31.7 Å². The third kappa shape index (κ3) is 3.29. The number of aromatic nitrogens is 1. The van der Waals surface area contributed by atoms with Gasteiger partial charge in [-0.1, -0.05) is 37.3 Å². The second-order valence-electron chi connectivity index (χ2n) is 7.69. The summed E-state index contributed by atoms with van der Waals surface area (Å²) in [6.45, 7) is 7.55. The Hall–Kier alpha value is -2.80. The molecule has 1 amide bonds. The van der Waals surface area contributed by atoms with Crippen LogP contribution in [-0.4, -0.2) is 48.8 Å². The van der Waals surface area contributed by atoms with Crippen LogP contribution < -0.4 is 14.4 Å². The zero-order valence-electron chi connectivity index (χ0n) is 16.6. The summed E-state index contributed by atoms with van der Waals surface area (Å²) in [4.78, 5) is 22.0. The van der Waals surface area contributed by atoms with E-state index in [1.807, 2.05) is 11.0 Å². The Morgan fingerprint density at radius 1 is 1.07 bits per heavy atom. The summed E-state index contributed by atoms with van der Waals surface area (Å²) in [6.07, 6.45) is 0. The molecule has 0 N–H and O–H groups in total. The van der Waals surface area contributed by atoms with Crippen LogP contribution in [-0.2, 0) is 0 Å². The molecule has 1 aromatic heterocycles. The first kappa shape index (κ1) is 18.2. The molecule has 7 heteroatoms. The van der Waals surface area contributed by atoms with Gasteiger partial charge in [-0.3, -0.25) is 4.79 Å². The maximum atomic E-state index is 12.9. The van der Waals surface area contributed by atoms with E-state index in [4.69, 9.17) is 14.5 Å². The summed E-state index contributed by atoms with van der Waals surface area (Å²) in [5.74, 6) is 1.83. The molecule has 0 saturated carbocycles. The number of piperazine rings is 1. The average Bonchev–Trinajstić information content (AvgIpc) is 3.39. The van der Waals surface area contributed by atoms with Crippen LogP contribution in [0.2, 0.25) is 0 Å². The van der Waals surface area contributed by atoms with Crippen molar-refractivity contribution in [3.63, 3.8) is 0 Å². The molecule has 1 fully saturated rings. The number of anilines is 1. The molecular formula is C22H23N3O3S. The average molecular weight is 410 g/mol. The van der Waals surface area contributed by atoms with E-state index in [2.05, 4.69) is 36.9 Å². The Labute approximate surface area is 173 Å². The number of nitrogens with zero attached hydrogens (tertiary/aromatic N) is 3. The summed E-state index contributed by atoms with van der Waals surface area (Å²) in [7, 11) is 0. The van der Waals surface area contributed by atoms with Gasteiger partial charge in [-0.2, -0.15) is 0 Å². The van der Waals surface area contributed by atoms with Gasteiger partial charge >= 0.3 is 0 Å². The quantitative estimate of drug-likeness (QED) is 0.652. The van der Waals surface area contributed by atoms with E-state index < -0.39 is 0 Å². The van der Waals surface area contributed by atoms with Crippen LogP contribution >= 0.6 is 11.3 Å². The summed E-state index contributed by atoms with van der Waals surface area (Å²) in [5.41, 5.74) is 3.05. The Bertz CT molecular complexity index is 1070. The van der Waals surface area contributed by atoms with Crippen LogP contribution in [0.25, 0.3) is 10.2 Å². The molecule has 0 bridgehead atoms. The maximum absolute atomic E-state index is 12.9. The molecule has 0 atom stereocenters. The van der Waals surface area contributed by atoms with Gasteiger partial charge in [-0.15, -0.1) is 0 Å². The summed E-state index contributed by atoms with van der Waals surface area (Å²) >= 11 is 1.74. The van der Waals surface area contributed by atoms with E-state index in [9.17, 15) is 4.79 Å². The molecule has 5 rings (SSSR count). The maximum Gasteiger partial charge on any atom is 0.254 e. The Morgan fingerprint density at radius 3 is 2.66 bits per heavy atom. The molecule has 3 aromatic rings. The van der Waals surface area contributed by atoms with E-state index in [1.54, 1.807) is 23.5 Å². The molecule has 1 saturated heterocycles. The number of rotatable bonds is 3. The van der Waals surface area contributed by atoms with Gasteiger partial charge in [-0.05, 0) is 35.7 Å². The largest absolute Gasteiger partial charge is 0.454 e. The highest BCUT2D eigenvalue weighted by Gasteiger charge is 2.25. The highest BCUT2D eigenvalue weighted by atomic mass is 32.1. The first-order valence-electron chi connectivity index (χ1n) is 9.93. The van der Waals surface area contributed by atoms with Crippen molar-refractivity contribution in [2.75, 3.05) is 37.9 Å². The number of thiazole rings is 1. The minimum atomic E-state index is 0.0364. The molecule has 29 heavy (non-hydrogen) atoms. The van der Waals surface area contributed by atoms with Crippen molar-refractivity contribution in [2.24, 2.45) is 0 Å². The molecule has 0 radical (unpaired) electrons. The van der Waals surface area contributed by atoms with Gasteiger partial charge in [0.1, 0.15) is 0 Å². The lowest BCUT2D eigenvalue weighted by molar-refractivity contribution is 0.0746. The molecule has 2 aromatic carbocycles. The van der Waals surface area contributed by atoms with Crippen LogP contribution in [0.1, 0.15) is 35.7 Å². The first-order valence-corrected chi connectivity index (χ1v) is 10.7. The van der Waals surface area contributed by atoms with Crippen molar-refractivity contribution in [1.29, 1.82) is 0 Å². The van der Waals surface area contributed by atoms with Crippen molar-refractivity contribution >= 4 is 32.6 Å². The SMILES string of the molecule is CC(C)c1cccc2sc(N3CCN(C(=O)c4ccc5c(c4)OCO5)CC3)nc12. The number of hydrogen-bond acceptors (Lipinski definition) is 6. The lowest BCUT2D eigenvalue weighted by Crippen LogP contribution is -2.48. The predicted molar refractivity (Wildman–Crippen MR) is 114 cm³/mol. The van der Waals surface area contributed by atoms with Crippen molar-refractivity contribution < 1.29 is 14.3 Å². The van der Waals surface area contributed by atoms with Crippen LogP contribution in [0.3, 0.4) is 0 Å². The van der Waals surface area contributed by atoms with E-state index >= 15 is 0 Å². The summed E-state index contributed by atoms with van der Waals surface area (Å²) in [6, 6.07) is 11.8. The topological polar surface area (TPSA) is 54.9 Å². The lowest BCUT2D eigenvalue weighted by Gasteiger charge is -2.34. The standard InChI is InChI=1S/C22H23N3O3S/c1-14(2)16-4-3-5-19-20(16)23-22(29-19)25-10-8-24(9-11-25)21(26)15-6-7-17-18(12-15)28-13-27-17/h3-7,12,14H,8-11,13H2,1-2H3. The Balaban J connectivity index is 1.30. The van der Waals surface area contributed by atoms with Crippen LogP contribution in [0.15, 0.2) is 36.4 Å². The fourth-order valence-electron chi connectivity index (χ4n) is 3.87. The van der Waals surface area contributed by atoms with E-state index in [0.29, 0.717) is 36.1 Å². The number of amides is 1. The normalized spacial score (nSPS) is 16.1.